The molecule has 4 unspecified atom stereocenters. The summed E-state index contributed by atoms with van der Waals surface area (Å²) in [5.41, 5.74) is 0. The Balaban J connectivity index is 1.84. The maximum atomic E-state index is 11.8. The molecule has 6 nitrogen and oxygen atoms in total. The van der Waals surface area contributed by atoms with Gasteiger partial charge < -0.3 is 24.8 Å². The van der Waals surface area contributed by atoms with Gasteiger partial charge in [0.2, 0.25) is 0 Å². The van der Waals surface area contributed by atoms with Crippen LogP contribution in [0.1, 0.15) is 110 Å². The summed E-state index contributed by atoms with van der Waals surface area (Å²) in [4.78, 5) is 11.8. The Morgan fingerprint density at radius 1 is 0.767 bits per heavy atom. The zero-order valence-corrected chi connectivity index (χ0v) is 19.1. The third-order valence-corrected chi connectivity index (χ3v) is 6.00. The largest absolute Gasteiger partial charge is 0.463 e. The molecular formula is C24H46O6. The van der Waals surface area contributed by atoms with E-state index in [2.05, 4.69) is 6.92 Å². The first-order valence-electron chi connectivity index (χ1n) is 12.4. The lowest BCUT2D eigenvalue weighted by Crippen LogP contribution is -2.54. The van der Waals surface area contributed by atoms with Gasteiger partial charge in [0, 0.05) is 6.42 Å². The van der Waals surface area contributed by atoms with E-state index in [9.17, 15) is 20.1 Å². The maximum Gasteiger partial charge on any atom is 0.305 e. The number of carbonyl (C=O) groups is 1. The van der Waals surface area contributed by atoms with Crippen molar-refractivity contribution in [3.63, 3.8) is 0 Å². The van der Waals surface area contributed by atoms with Gasteiger partial charge >= 0.3 is 5.97 Å². The van der Waals surface area contributed by atoms with Crippen LogP contribution in [0.15, 0.2) is 0 Å². The summed E-state index contributed by atoms with van der Waals surface area (Å²) in [5.74, 6) is -0.305. The van der Waals surface area contributed by atoms with E-state index in [0.29, 0.717) is 6.42 Å². The second-order valence-electron chi connectivity index (χ2n) is 8.80. The summed E-state index contributed by atoms with van der Waals surface area (Å²) in [5, 5.41) is 28.8. The molecule has 0 aromatic rings. The third kappa shape index (κ3) is 12.9. The number of aliphatic hydroxyl groups excluding tert-OH is 3. The predicted molar refractivity (Wildman–Crippen MR) is 118 cm³/mol. The number of esters is 1. The van der Waals surface area contributed by atoms with E-state index in [1.807, 2.05) is 0 Å². The van der Waals surface area contributed by atoms with E-state index < -0.39 is 24.4 Å². The summed E-state index contributed by atoms with van der Waals surface area (Å²) >= 11 is 0. The van der Waals surface area contributed by atoms with E-state index in [4.69, 9.17) is 9.47 Å². The van der Waals surface area contributed by atoms with E-state index in [1.165, 1.54) is 77.0 Å². The molecule has 1 fully saturated rings. The molecule has 0 amide bonds. The van der Waals surface area contributed by atoms with Crippen molar-refractivity contribution < 1.29 is 29.6 Å². The fourth-order valence-electron chi connectivity index (χ4n) is 3.90. The molecule has 0 bridgehead atoms. The number of ether oxygens (including phenoxy) is 2. The maximum absolute atomic E-state index is 11.8. The SMILES string of the molecule is CCCCCCCCCCCCCCCCCC(=O)OCC1OCC(O)C(O)C1O. The van der Waals surface area contributed by atoms with Crippen LogP contribution in [-0.2, 0) is 14.3 Å². The van der Waals surface area contributed by atoms with Gasteiger partial charge in [-0.25, -0.2) is 0 Å². The molecule has 0 spiro atoms. The van der Waals surface area contributed by atoms with Crippen molar-refractivity contribution in [2.24, 2.45) is 0 Å². The average Bonchev–Trinajstić information content (AvgIpc) is 2.74. The molecule has 4 atom stereocenters. The van der Waals surface area contributed by atoms with Crippen LogP contribution in [0.4, 0.5) is 0 Å². The van der Waals surface area contributed by atoms with Crippen LogP contribution in [0.25, 0.3) is 0 Å². The fraction of sp³-hybridized carbons (Fsp3) is 0.958. The Morgan fingerprint density at radius 3 is 1.73 bits per heavy atom. The predicted octanol–water partition coefficient (Wildman–Crippen LogP) is 4.27. The second-order valence-corrected chi connectivity index (χ2v) is 8.80. The van der Waals surface area contributed by atoms with Crippen LogP contribution in [0.3, 0.4) is 0 Å². The van der Waals surface area contributed by atoms with Crippen LogP contribution in [0.2, 0.25) is 0 Å². The van der Waals surface area contributed by atoms with Gasteiger partial charge in [-0.1, -0.05) is 96.8 Å². The van der Waals surface area contributed by atoms with Gasteiger partial charge in [-0.05, 0) is 6.42 Å². The molecule has 1 rings (SSSR count). The first-order valence-corrected chi connectivity index (χ1v) is 12.4. The topological polar surface area (TPSA) is 96.2 Å². The van der Waals surface area contributed by atoms with Crippen LogP contribution in [-0.4, -0.2) is 58.9 Å². The Labute approximate surface area is 183 Å². The van der Waals surface area contributed by atoms with E-state index >= 15 is 0 Å². The average molecular weight is 431 g/mol. The van der Waals surface area contributed by atoms with Crippen molar-refractivity contribution in [2.75, 3.05) is 13.2 Å². The summed E-state index contributed by atoms with van der Waals surface area (Å²) < 4.78 is 10.4. The molecule has 0 saturated carbocycles. The molecular weight excluding hydrogens is 384 g/mol. The van der Waals surface area contributed by atoms with Crippen molar-refractivity contribution in [3.8, 4) is 0 Å². The summed E-state index contributed by atoms with van der Waals surface area (Å²) in [6, 6.07) is 0. The molecule has 30 heavy (non-hydrogen) atoms. The van der Waals surface area contributed by atoms with E-state index in [1.54, 1.807) is 0 Å². The van der Waals surface area contributed by atoms with Crippen molar-refractivity contribution in [3.05, 3.63) is 0 Å². The van der Waals surface area contributed by atoms with Crippen molar-refractivity contribution in [2.45, 2.75) is 134 Å². The molecule has 3 N–H and O–H groups in total. The first kappa shape index (κ1) is 27.3. The minimum atomic E-state index is -1.27. The number of unbranched alkanes of at least 4 members (excludes halogenated alkanes) is 14. The van der Waals surface area contributed by atoms with Crippen molar-refractivity contribution in [1.29, 1.82) is 0 Å². The number of rotatable bonds is 18. The number of carbonyl (C=O) groups excluding carboxylic acids is 1. The van der Waals surface area contributed by atoms with E-state index in [-0.39, 0.29) is 19.2 Å². The zero-order chi connectivity index (χ0) is 22.0. The standard InChI is InChI=1S/C24H46O6/c1-2-3-4-5-6-7-8-9-10-11-12-13-14-15-16-17-22(26)30-19-21-24(28)23(27)20(25)18-29-21/h20-21,23-25,27-28H,2-19H2,1H3. The Kier molecular flexibility index (Phi) is 16.3. The Hall–Kier alpha value is -0.690. The number of aliphatic hydroxyl groups is 3. The van der Waals surface area contributed by atoms with Gasteiger partial charge in [0.1, 0.15) is 31.0 Å². The summed E-state index contributed by atoms with van der Waals surface area (Å²) in [7, 11) is 0. The number of hydrogen-bond acceptors (Lipinski definition) is 6. The van der Waals surface area contributed by atoms with Crippen LogP contribution >= 0.6 is 0 Å². The van der Waals surface area contributed by atoms with Crippen LogP contribution in [0, 0.1) is 0 Å². The minimum absolute atomic E-state index is 0.0699. The number of hydrogen-bond donors (Lipinski definition) is 3. The second kappa shape index (κ2) is 17.9. The van der Waals surface area contributed by atoms with Crippen molar-refractivity contribution >= 4 is 5.97 Å². The third-order valence-electron chi connectivity index (χ3n) is 6.00. The molecule has 1 saturated heterocycles. The summed E-state index contributed by atoms with van der Waals surface area (Å²) in [6.07, 6.45) is 15.2. The molecule has 0 aliphatic carbocycles. The first-order chi connectivity index (χ1) is 14.6. The highest BCUT2D eigenvalue weighted by atomic mass is 16.6. The minimum Gasteiger partial charge on any atom is -0.463 e. The highest BCUT2D eigenvalue weighted by Crippen LogP contribution is 2.17. The lowest BCUT2D eigenvalue weighted by molar-refractivity contribution is -0.201. The molecule has 0 aromatic carbocycles. The van der Waals surface area contributed by atoms with Crippen molar-refractivity contribution in [1.82, 2.24) is 0 Å². The molecule has 1 aliphatic rings. The molecule has 0 radical (unpaired) electrons. The van der Waals surface area contributed by atoms with Gasteiger partial charge in [0.25, 0.3) is 0 Å². The van der Waals surface area contributed by atoms with Gasteiger partial charge in [-0.3, -0.25) is 4.79 Å². The smallest absolute Gasteiger partial charge is 0.305 e. The highest BCUT2D eigenvalue weighted by Gasteiger charge is 2.38. The summed E-state index contributed by atoms with van der Waals surface area (Å²) in [6.45, 7) is 2.10. The highest BCUT2D eigenvalue weighted by molar-refractivity contribution is 5.69. The molecule has 1 aliphatic heterocycles. The van der Waals surface area contributed by atoms with Gasteiger partial charge in [0.15, 0.2) is 0 Å². The lowest BCUT2D eigenvalue weighted by atomic mass is 10.0. The molecule has 0 aromatic heterocycles. The van der Waals surface area contributed by atoms with Gasteiger partial charge in [-0.15, -0.1) is 0 Å². The fourth-order valence-corrected chi connectivity index (χ4v) is 3.90. The monoisotopic (exact) mass is 430 g/mol. The van der Waals surface area contributed by atoms with Crippen LogP contribution < -0.4 is 0 Å². The lowest BCUT2D eigenvalue weighted by Gasteiger charge is -2.34. The normalized spacial score (nSPS) is 24.1. The zero-order valence-electron chi connectivity index (χ0n) is 19.1. The quantitative estimate of drug-likeness (QED) is 0.222. The van der Waals surface area contributed by atoms with Gasteiger partial charge in [0.05, 0.1) is 6.61 Å². The van der Waals surface area contributed by atoms with Gasteiger partial charge in [-0.2, -0.15) is 0 Å². The molecule has 1 heterocycles. The molecule has 178 valence electrons. The Morgan fingerprint density at radius 2 is 1.23 bits per heavy atom. The van der Waals surface area contributed by atoms with E-state index in [0.717, 1.165) is 19.3 Å². The Bertz CT molecular complexity index is 417. The van der Waals surface area contributed by atoms with Crippen LogP contribution in [0.5, 0.6) is 0 Å². The molecule has 6 heteroatoms.